The van der Waals surface area contributed by atoms with Crippen LogP contribution < -0.4 is 5.32 Å². The van der Waals surface area contributed by atoms with Crippen molar-refractivity contribution in [2.24, 2.45) is 0 Å². The molecular formula is C14H13N3O2S. The summed E-state index contributed by atoms with van der Waals surface area (Å²) in [4.78, 5) is 20.0. The number of pyridine rings is 1. The first-order valence-corrected chi connectivity index (χ1v) is 6.95. The van der Waals surface area contributed by atoms with E-state index in [4.69, 9.17) is 5.11 Å². The molecule has 0 bridgehead atoms. The fourth-order valence-electron chi connectivity index (χ4n) is 1.50. The van der Waals surface area contributed by atoms with Gasteiger partial charge in [-0.05, 0) is 12.1 Å². The van der Waals surface area contributed by atoms with Gasteiger partial charge in [-0.3, -0.25) is 4.79 Å². The molecule has 2 aromatic rings. The number of amides is 1. The van der Waals surface area contributed by atoms with E-state index < -0.39 is 0 Å². The van der Waals surface area contributed by atoms with Crippen LogP contribution >= 0.6 is 11.3 Å². The van der Waals surface area contributed by atoms with E-state index in [0.717, 1.165) is 5.69 Å². The molecule has 0 radical (unpaired) electrons. The second-order valence-corrected chi connectivity index (χ2v) is 4.60. The molecule has 0 aliphatic rings. The zero-order valence-corrected chi connectivity index (χ0v) is 11.5. The maximum Gasteiger partial charge on any atom is 0.269 e. The Hall–Kier alpha value is -2.23. The lowest BCUT2D eigenvalue weighted by Gasteiger charge is -2.03. The first-order valence-electron chi connectivity index (χ1n) is 6.00. The van der Waals surface area contributed by atoms with Gasteiger partial charge >= 0.3 is 0 Å². The fraction of sp³-hybridized carbons (Fsp3) is 0.214. The van der Waals surface area contributed by atoms with Crippen molar-refractivity contribution in [1.82, 2.24) is 15.3 Å². The quantitative estimate of drug-likeness (QED) is 0.818. The minimum absolute atomic E-state index is 0.196. The Labute approximate surface area is 120 Å². The number of aliphatic hydroxyl groups excluding tert-OH is 1. The molecule has 2 heterocycles. The number of rotatable bonds is 4. The van der Waals surface area contributed by atoms with Crippen LogP contribution in [-0.2, 0) is 6.42 Å². The molecule has 102 valence electrons. The third-order valence-electron chi connectivity index (χ3n) is 2.46. The second kappa shape index (κ2) is 7.38. The number of aromatic nitrogens is 2. The van der Waals surface area contributed by atoms with E-state index in [-0.39, 0.29) is 12.5 Å². The Morgan fingerprint density at radius 2 is 2.30 bits per heavy atom. The van der Waals surface area contributed by atoms with Crippen molar-refractivity contribution in [3.05, 3.63) is 46.2 Å². The van der Waals surface area contributed by atoms with E-state index in [1.165, 1.54) is 17.5 Å². The maximum atomic E-state index is 11.8. The van der Waals surface area contributed by atoms with Gasteiger partial charge in [-0.15, -0.1) is 11.3 Å². The molecule has 0 spiro atoms. The van der Waals surface area contributed by atoms with Crippen molar-refractivity contribution in [3.8, 4) is 11.8 Å². The molecule has 0 unspecified atom stereocenters. The highest BCUT2D eigenvalue weighted by atomic mass is 32.1. The van der Waals surface area contributed by atoms with Crippen LogP contribution in [0.25, 0.3) is 0 Å². The first-order chi connectivity index (χ1) is 9.79. The van der Waals surface area contributed by atoms with E-state index in [9.17, 15) is 4.79 Å². The molecule has 2 aromatic heterocycles. The number of carbonyl (C=O) groups excluding carboxylic acids is 1. The van der Waals surface area contributed by atoms with Gasteiger partial charge in [0.25, 0.3) is 5.91 Å². The minimum atomic E-state index is -0.220. The van der Waals surface area contributed by atoms with E-state index in [1.807, 2.05) is 5.38 Å². The third-order valence-corrected chi connectivity index (χ3v) is 3.09. The molecule has 0 saturated heterocycles. The number of carbonyl (C=O) groups is 1. The Morgan fingerprint density at radius 1 is 1.40 bits per heavy atom. The molecule has 0 aliphatic carbocycles. The molecule has 1 amide bonds. The second-order valence-electron chi connectivity index (χ2n) is 3.88. The zero-order chi connectivity index (χ0) is 14.2. The van der Waals surface area contributed by atoms with E-state index in [1.54, 1.807) is 17.6 Å². The average Bonchev–Trinajstić information content (AvgIpc) is 2.99. The summed E-state index contributed by atoms with van der Waals surface area (Å²) in [6.45, 7) is 0.329. The summed E-state index contributed by atoms with van der Waals surface area (Å²) >= 11 is 1.54. The van der Waals surface area contributed by atoms with Crippen LogP contribution in [0.1, 0.15) is 21.7 Å². The number of nitrogens with one attached hydrogen (secondary N) is 1. The monoisotopic (exact) mass is 287 g/mol. The fourth-order valence-corrected chi connectivity index (χ4v) is 2.09. The number of aliphatic hydroxyl groups is 1. The molecule has 0 aliphatic heterocycles. The average molecular weight is 287 g/mol. The molecule has 0 fully saturated rings. The summed E-state index contributed by atoms with van der Waals surface area (Å²) in [7, 11) is 0. The maximum absolute atomic E-state index is 11.8. The number of hydrogen-bond donors (Lipinski definition) is 2. The molecule has 2 N–H and O–H groups in total. The van der Waals surface area contributed by atoms with E-state index in [2.05, 4.69) is 27.1 Å². The van der Waals surface area contributed by atoms with E-state index in [0.29, 0.717) is 24.2 Å². The Balaban J connectivity index is 1.85. The summed E-state index contributed by atoms with van der Waals surface area (Å²) in [6.07, 6.45) is 2.22. The Morgan fingerprint density at radius 3 is 2.95 bits per heavy atom. The molecule has 0 aromatic carbocycles. The minimum Gasteiger partial charge on any atom is -0.384 e. The predicted molar refractivity (Wildman–Crippen MR) is 76.4 cm³/mol. The summed E-state index contributed by atoms with van der Waals surface area (Å²) in [5, 5.41) is 13.3. The van der Waals surface area contributed by atoms with Crippen molar-refractivity contribution < 1.29 is 9.90 Å². The van der Waals surface area contributed by atoms with Gasteiger partial charge in [0.2, 0.25) is 0 Å². The van der Waals surface area contributed by atoms with Crippen LogP contribution in [0.4, 0.5) is 0 Å². The van der Waals surface area contributed by atoms with Crippen LogP contribution in [0.5, 0.6) is 0 Å². The van der Waals surface area contributed by atoms with Gasteiger partial charge in [-0.1, -0.05) is 11.8 Å². The highest BCUT2D eigenvalue weighted by Gasteiger charge is 2.06. The third kappa shape index (κ3) is 4.16. The predicted octanol–water partition coefficient (Wildman–Crippen LogP) is 0.854. The Bertz CT molecular complexity index is 612. The van der Waals surface area contributed by atoms with Crippen molar-refractivity contribution in [2.75, 3.05) is 13.2 Å². The van der Waals surface area contributed by atoms with Crippen LogP contribution in [-0.4, -0.2) is 34.1 Å². The van der Waals surface area contributed by atoms with Crippen molar-refractivity contribution >= 4 is 17.2 Å². The smallest absolute Gasteiger partial charge is 0.269 e. The number of thiazole rings is 1. The molecule has 20 heavy (non-hydrogen) atoms. The first kappa shape index (κ1) is 14.2. The lowest BCUT2D eigenvalue weighted by molar-refractivity contribution is 0.0949. The normalized spacial score (nSPS) is 9.65. The highest BCUT2D eigenvalue weighted by Crippen LogP contribution is 2.02. The standard InChI is InChI=1S/C14H13N3O2S/c18-7-1-2-11-3-4-13(16-8-11)14(19)15-6-5-12-9-20-10-17-12/h3-4,8-10,18H,5-7H2,(H,15,19). The summed E-state index contributed by atoms with van der Waals surface area (Å²) in [6, 6.07) is 3.31. The van der Waals surface area contributed by atoms with Gasteiger partial charge in [-0.2, -0.15) is 0 Å². The van der Waals surface area contributed by atoms with Crippen LogP contribution in [0.15, 0.2) is 29.2 Å². The van der Waals surface area contributed by atoms with Crippen LogP contribution in [0.3, 0.4) is 0 Å². The molecule has 6 heteroatoms. The molecule has 0 atom stereocenters. The lowest BCUT2D eigenvalue weighted by Crippen LogP contribution is -2.26. The van der Waals surface area contributed by atoms with Gasteiger partial charge in [0.1, 0.15) is 12.3 Å². The van der Waals surface area contributed by atoms with Gasteiger partial charge in [0.15, 0.2) is 0 Å². The summed E-state index contributed by atoms with van der Waals surface area (Å²) in [5.74, 6) is 5.02. The zero-order valence-electron chi connectivity index (χ0n) is 10.7. The van der Waals surface area contributed by atoms with Crippen molar-refractivity contribution in [3.63, 3.8) is 0 Å². The van der Waals surface area contributed by atoms with Crippen LogP contribution in [0, 0.1) is 11.8 Å². The van der Waals surface area contributed by atoms with Gasteiger partial charge < -0.3 is 10.4 Å². The highest BCUT2D eigenvalue weighted by molar-refractivity contribution is 7.07. The molecule has 0 saturated carbocycles. The lowest BCUT2D eigenvalue weighted by atomic mass is 10.2. The summed E-state index contributed by atoms with van der Waals surface area (Å²) < 4.78 is 0. The largest absolute Gasteiger partial charge is 0.384 e. The molecule has 2 rings (SSSR count). The number of hydrogen-bond acceptors (Lipinski definition) is 5. The summed E-state index contributed by atoms with van der Waals surface area (Å²) in [5.41, 5.74) is 3.75. The van der Waals surface area contributed by atoms with Gasteiger partial charge in [0.05, 0.1) is 11.2 Å². The SMILES string of the molecule is O=C(NCCc1cscn1)c1ccc(C#CCO)cn1. The topological polar surface area (TPSA) is 75.1 Å². The van der Waals surface area contributed by atoms with Gasteiger partial charge in [0, 0.05) is 30.1 Å². The van der Waals surface area contributed by atoms with Crippen LogP contribution in [0.2, 0.25) is 0 Å². The van der Waals surface area contributed by atoms with Crippen molar-refractivity contribution in [2.45, 2.75) is 6.42 Å². The molecular weight excluding hydrogens is 274 g/mol. The van der Waals surface area contributed by atoms with E-state index >= 15 is 0 Å². The van der Waals surface area contributed by atoms with Gasteiger partial charge in [-0.25, -0.2) is 9.97 Å². The number of nitrogens with zero attached hydrogens (tertiary/aromatic N) is 2. The molecule has 5 nitrogen and oxygen atoms in total. The Kier molecular flexibility index (Phi) is 5.24. The van der Waals surface area contributed by atoms with Crippen molar-refractivity contribution in [1.29, 1.82) is 0 Å².